The molecule has 31 heavy (non-hydrogen) atoms. The highest BCUT2D eigenvalue weighted by Gasteiger charge is 2.13. The number of imidazole rings is 1. The third-order valence-electron chi connectivity index (χ3n) is 4.87. The molecule has 0 fully saturated rings. The van der Waals surface area contributed by atoms with E-state index in [0.717, 1.165) is 16.9 Å². The number of fused-ring (bicyclic) bond motifs is 1. The quantitative estimate of drug-likeness (QED) is 0.427. The van der Waals surface area contributed by atoms with Crippen LogP contribution in [0.15, 0.2) is 83.8 Å². The predicted octanol–water partition coefficient (Wildman–Crippen LogP) is 4.46. The Morgan fingerprint density at radius 3 is 2.45 bits per heavy atom. The fourth-order valence-electron chi connectivity index (χ4n) is 3.52. The Bertz CT molecular complexity index is 1420. The first-order valence-electron chi connectivity index (χ1n) is 9.75. The Labute approximate surface area is 177 Å². The van der Waals surface area contributed by atoms with E-state index >= 15 is 0 Å². The molecular weight excluding hydrogens is 390 g/mol. The lowest BCUT2D eigenvalue weighted by Crippen LogP contribution is -2.14. The molecule has 0 saturated heterocycles. The van der Waals surface area contributed by atoms with Crippen LogP contribution in [0, 0.1) is 6.92 Å². The Kier molecular flexibility index (Phi) is 4.48. The minimum absolute atomic E-state index is 0.290. The van der Waals surface area contributed by atoms with Gasteiger partial charge in [-0.3, -0.25) is 9.55 Å². The van der Waals surface area contributed by atoms with Gasteiger partial charge in [-0.05, 0) is 67.1 Å². The molecule has 0 aliphatic rings. The number of nitrogens with two attached hydrogens (primary N) is 1. The van der Waals surface area contributed by atoms with Crippen LogP contribution in [0.4, 0.5) is 5.69 Å². The maximum Gasteiger partial charge on any atom is 0.332 e. The highest BCUT2D eigenvalue weighted by atomic mass is 16.5. The lowest BCUT2D eigenvalue weighted by Gasteiger charge is -2.08. The van der Waals surface area contributed by atoms with Gasteiger partial charge < -0.3 is 10.5 Å². The molecule has 2 aromatic heterocycles. The number of para-hydroxylation sites is 1. The minimum Gasteiger partial charge on any atom is -0.457 e. The second kappa shape index (κ2) is 7.46. The molecule has 0 aliphatic carbocycles. The van der Waals surface area contributed by atoms with Crippen molar-refractivity contribution in [1.82, 2.24) is 19.5 Å². The second-order valence-electron chi connectivity index (χ2n) is 7.23. The van der Waals surface area contributed by atoms with E-state index in [2.05, 4.69) is 15.0 Å². The number of benzene rings is 3. The number of aromatic nitrogens is 4. The Morgan fingerprint density at radius 1 is 0.968 bits per heavy atom. The van der Waals surface area contributed by atoms with Crippen molar-refractivity contribution < 1.29 is 4.74 Å². The van der Waals surface area contributed by atoms with Gasteiger partial charge in [0.05, 0.1) is 11.9 Å². The van der Waals surface area contributed by atoms with Gasteiger partial charge in [0.25, 0.3) is 0 Å². The molecule has 0 saturated carbocycles. The number of nitrogen functional groups attached to an aromatic ring is 1. The summed E-state index contributed by atoms with van der Waals surface area (Å²) >= 11 is 0. The number of hydrogen-bond acceptors (Lipinski definition) is 5. The van der Waals surface area contributed by atoms with E-state index in [9.17, 15) is 4.79 Å². The van der Waals surface area contributed by atoms with Crippen molar-refractivity contribution in [1.29, 1.82) is 0 Å². The lowest BCUT2D eigenvalue weighted by atomic mass is 10.1. The summed E-state index contributed by atoms with van der Waals surface area (Å²) in [5.41, 5.74) is 9.85. The molecule has 5 rings (SSSR count). The van der Waals surface area contributed by atoms with Crippen molar-refractivity contribution in [2.24, 2.45) is 0 Å². The summed E-state index contributed by atoms with van der Waals surface area (Å²) in [4.78, 5) is 24.5. The lowest BCUT2D eigenvalue weighted by molar-refractivity contribution is 0.482. The molecule has 152 valence electrons. The van der Waals surface area contributed by atoms with Gasteiger partial charge in [-0.15, -0.1) is 0 Å². The molecule has 3 N–H and O–H groups in total. The Morgan fingerprint density at radius 2 is 1.71 bits per heavy atom. The fraction of sp³-hybridized carbons (Fsp3) is 0.0417. The fourth-order valence-corrected chi connectivity index (χ4v) is 3.52. The van der Waals surface area contributed by atoms with Crippen LogP contribution in [0.5, 0.6) is 11.5 Å². The van der Waals surface area contributed by atoms with Gasteiger partial charge in [0.15, 0.2) is 11.5 Å². The second-order valence-corrected chi connectivity index (χ2v) is 7.23. The van der Waals surface area contributed by atoms with Crippen LogP contribution in [0.2, 0.25) is 0 Å². The standard InChI is InChI=1S/C24H19N5O2/c1-15-11-16(13-17(25)12-15)22-26-14-21-23(27-22)28-24(30)29(21)18-7-9-20(10-8-18)31-19-5-3-2-4-6-19/h2-14H,25H2,1H3,(H,26,27,28,30). The summed E-state index contributed by atoms with van der Waals surface area (Å²) in [7, 11) is 0. The summed E-state index contributed by atoms with van der Waals surface area (Å²) in [5, 5.41) is 0. The van der Waals surface area contributed by atoms with Gasteiger partial charge in [-0.2, -0.15) is 0 Å². The van der Waals surface area contributed by atoms with Crippen molar-refractivity contribution in [3.8, 4) is 28.6 Å². The van der Waals surface area contributed by atoms with E-state index in [4.69, 9.17) is 10.5 Å². The first-order chi connectivity index (χ1) is 15.1. The van der Waals surface area contributed by atoms with E-state index in [0.29, 0.717) is 34.1 Å². The summed E-state index contributed by atoms with van der Waals surface area (Å²) in [6, 6.07) is 22.5. The van der Waals surface area contributed by atoms with Crippen molar-refractivity contribution in [3.63, 3.8) is 0 Å². The minimum atomic E-state index is -0.290. The van der Waals surface area contributed by atoms with Crippen molar-refractivity contribution in [2.75, 3.05) is 5.73 Å². The molecule has 0 unspecified atom stereocenters. The average molecular weight is 409 g/mol. The van der Waals surface area contributed by atoms with Crippen molar-refractivity contribution in [3.05, 3.63) is 95.0 Å². The highest BCUT2D eigenvalue weighted by molar-refractivity contribution is 5.75. The monoisotopic (exact) mass is 409 g/mol. The maximum absolute atomic E-state index is 12.7. The Hall–Kier alpha value is -4.39. The molecule has 5 aromatic rings. The number of nitrogens with zero attached hydrogens (tertiary/aromatic N) is 3. The molecule has 0 aliphatic heterocycles. The summed E-state index contributed by atoms with van der Waals surface area (Å²) in [5.74, 6) is 1.93. The van der Waals surface area contributed by atoms with Crippen LogP contribution in [-0.2, 0) is 0 Å². The molecule has 0 bridgehead atoms. The van der Waals surface area contributed by atoms with Crippen LogP contribution in [-0.4, -0.2) is 19.5 Å². The van der Waals surface area contributed by atoms with E-state index in [-0.39, 0.29) is 5.69 Å². The number of anilines is 1. The third kappa shape index (κ3) is 3.64. The van der Waals surface area contributed by atoms with E-state index in [1.165, 1.54) is 4.57 Å². The number of nitrogens with one attached hydrogen (secondary N) is 1. The number of hydrogen-bond donors (Lipinski definition) is 2. The van der Waals surface area contributed by atoms with Crippen LogP contribution in [0.1, 0.15) is 5.56 Å². The van der Waals surface area contributed by atoms with Gasteiger partial charge in [-0.25, -0.2) is 14.8 Å². The number of H-pyrrole nitrogens is 1. The SMILES string of the molecule is Cc1cc(N)cc(-c2ncc3c(n2)[nH]c(=O)n3-c2ccc(Oc3ccccc3)cc2)c1. The van der Waals surface area contributed by atoms with Gasteiger partial charge in [0, 0.05) is 11.3 Å². The first-order valence-corrected chi connectivity index (χ1v) is 9.75. The zero-order valence-electron chi connectivity index (χ0n) is 16.7. The van der Waals surface area contributed by atoms with Crippen molar-refractivity contribution in [2.45, 2.75) is 6.92 Å². The highest BCUT2D eigenvalue weighted by Crippen LogP contribution is 2.24. The molecule has 3 aromatic carbocycles. The van der Waals surface area contributed by atoms with Crippen LogP contribution in [0.25, 0.3) is 28.2 Å². The number of ether oxygens (including phenoxy) is 1. The first kappa shape index (κ1) is 18.6. The van der Waals surface area contributed by atoms with Crippen LogP contribution < -0.4 is 16.2 Å². The number of rotatable bonds is 4. The van der Waals surface area contributed by atoms with Gasteiger partial charge in [0.2, 0.25) is 0 Å². The van der Waals surface area contributed by atoms with E-state index in [1.807, 2.05) is 79.7 Å². The van der Waals surface area contributed by atoms with Gasteiger partial charge >= 0.3 is 5.69 Å². The van der Waals surface area contributed by atoms with Gasteiger partial charge in [-0.1, -0.05) is 18.2 Å². The van der Waals surface area contributed by atoms with Crippen LogP contribution >= 0.6 is 0 Å². The van der Waals surface area contributed by atoms with Crippen molar-refractivity contribution >= 4 is 16.9 Å². The largest absolute Gasteiger partial charge is 0.457 e. The van der Waals surface area contributed by atoms with E-state index in [1.54, 1.807) is 6.20 Å². The topological polar surface area (TPSA) is 98.8 Å². The number of aromatic amines is 1. The Balaban J connectivity index is 1.50. The smallest absolute Gasteiger partial charge is 0.332 e. The molecule has 7 nitrogen and oxygen atoms in total. The van der Waals surface area contributed by atoms with Gasteiger partial charge in [0.1, 0.15) is 17.0 Å². The van der Waals surface area contributed by atoms with Crippen LogP contribution in [0.3, 0.4) is 0 Å². The van der Waals surface area contributed by atoms with E-state index < -0.39 is 0 Å². The molecule has 0 atom stereocenters. The zero-order chi connectivity index (χ0) is 21.4. The number of aryl methyl sites for hydroxylation is 1. The third-order valence-corrected chi connectivity index (χ3v) is 4.87. The summed E-state index contributed by atoms with van der Waals surface area (Å²) < 4.78 is 7.36. The zero-order valence-corrected chi connectivity index (χ0v) is 16.7. The molecule has 7 heteroatoms. The normalized spacial score (nSPS) is 11.0. The summed E-state index contributed by atoms with van der Waals surface area (Å²) in [6.45, 7) is 1.96. The molecule has 0 amide bonds. The molecular formula is C24H19N5O2. The molecule has 0 radical (unpaired) electrons. The average Bonchev–Trinajstić information content (AvgIpc) is 3.09. The summed E-state index contributed by atoms with van der Waals surface area (Å²) in [6.07, 6.45) is 1.64. The molecule has 2 heterocycles. The predicted molar refractivity (Wildman–Crippen MR) is 121 cm³/mol. The maximum atomic E-state index is 12.7. The molecule has 0 spiro atoms.